The van der Waals surface area contributed by atoms with Gasteiger partial charge < -0.3 is 18.9 Å². The van der Waals surface area contributed by atoms with E-state index >= 15 is 0 Å². The minimum atomic E-state index is -0.367. The highest BCUT2D eigenvalue weighted by Gasteiger charge is 2.60. The molecule has 0 amide bonds. The zero-order valence-electron chi connectivity index (χ0n) is 8.28. The summed E-state index contributed by atoms with van der Waals surface area (Å²) in [4.78, 5) is 0. The smallest absolute Gasteiger partial charge is 0.144 e. The molecule has 76 valence electrons. The largest absolute Gasteiger partial charge is 0.381 e. The normalized spacial score (nSPS) is 48.7. The van der Waals surface area contributed by atoms with Crippen LogP contribution in [0.5, 0.6) is 0 Å². The second-order valence-electron chi connectivity index (χ2n) is 3.75. The van der Waals surface area contributed by atoms with Gasteiger partial charge in [0.15, 0.2) is 0 Å². The van der Waals surface area contributed by atoms with Gasteiger partial charge in [0, 0.05) is 14.2 Å². The topological polar surface area (TPSA) is 36.9 Å². The van der Waals surface area contributed by atoms with Crippen molar-refractivity contribution in [3.63, 3.8) is 0 Å². The molecule has 2 heterocycles. The fourth-order valence-electron chi connectivity index (χ4n) is 2.38. The molecule has 2 aliphatic rings. The van der Waals surface area contributed by atoms with Crippen LogP contribution in [0, 0.1) is 0 Å². The number of hydrogen-bond donors (Lipinski definition) is 0. The first kappa shape index (κ1) is 9.40. The van der Waals surface area contributed by atoms with Crippen molar-refractivity contribution in [3.05, 3.63) is 0 Å². The van der Waals surface area contributed by atoms with Crippen LogP contribution in [0.25, 0.3) is 0 Å². The first-order valence-corrected chi connectivity index (χ1v) is 4.54. The van der Waals surface area contributed by atoms with Crippen LogP contribution in [0.4, 0.5) is 0 Å². The molecule has 0 spiro atoms. The zero-order valence-corrected chi connectivity index (χ0v) is 8.28. The number of fused-ring (bicyclic) bond motifs is 2. The molecule has 2 rings (SSSR count). The van der Waals surface area contributed by atoms with E-state index < -0.39 is 0 Å². The maximum Gasteiger partial charge on any atom is 0.144 e. The average Bonchev–Trinajstić information content (AvgIpc) is 2.55. The Labute approximate surface area is 78.1 Å². The predicted octanol–water partition coefficient (Wildman–Crippen LogP) is 0.204. The Hall–Kier alpha value is -0.160. The Morgan fingerprint density at radius 3 is 2.77 bits per heavy atom. The minimum absolute atomic E-state index is 0.0162. The van der Waals surface area contributed by atoms with Crippen molar-refractivity contribution in [2.24, 2.45) is 0 Å². The van der Waals surface area contributed by atoms with E-state index in [1.165, 1.54) is 0 Å². The van der Waals surface area contributed by atoms with E-state index in [2.05, 4.69) is 0 Å². The molecule has 2 bridgehead atoms. The minimum Gasteiger partial charge on any atom is -0.381 e. The summed E-state index contributed by atoms with van der Waals surface area (Å²) >= 11 is 0. The van der Waals surface area contributed by atoms with Crippen LogP contribution in [-0.4, -0.2) is 51.3 Å². The molecule has 2 aliphatic heterocycles. The van der Waals surface area contributed by atoms with E-state index in [1.54, 1.807) is 14.2 Å². The van der Waals surface area contributed by atoms with Crippen LogP contribution in [0.1, 0.15) is 6.92 Å². The summed E-state index contributed by atoms with van der Waals surface area (Å²) in [5.41, 5.74) is -0.367. The molecular weight excluding hydrogens is 172 g/mol. The molecule has 0 aliphatic carbocycles. The molecule has 0 unspecified atom stereocenters. The lowest BCUT2D eigenvalue weighted by Gasteiger charge is -2.29. The van der Waals surface area contributed by atoms with Crippen molar-refractivity contribution in [1.82, 2.24) is 0 Å². The summed E-state index contributed by atoms with van der Waals surface area (Å²) in [6.45, 7) is 3.12. The van der Waals surface area contributed by atoms with Crippen molar-refractivity contribution in [2.75, 3.05) is 27.4 Å². The third-order valence-corrected chi connectivity index (χ3v) is 2.86. The molecule has 0 aromatic heterocycles. The fraction of sp³-hybridized carbons (Fsp3) is 1.00. The van der Waals surface area contributed by atoms with Gasteiger partial charge in [0.2, 0.25) is 0 Å². The summed E-state index contributed by atoms with van der Waals surface area (Å²) in [6.07, 6.45) is 0.191. The quantitative estimate of drug-likeness (QED) is 0.634. The Bertz CT molecular complexity index is 196. The van der Waals surface area contributed by atoms with Gasteiger partial charge in [0.05, 0.1) is 19.3 Å². The van der Waals surface area contributed by atoms with Crippen LogP contribution in [-0.2, 0) is 18.9 Å². The number of methoxy groups -OCH3 is 2. The first-order chi connectivity index (χ1) is 6.23. The average molecular weight is 188 g/mol. The monoisotopic (exact) mass is 188 g/mol. The van der Waals surface area contributed by atoms with Gasteiger partial charge in [0.25, 0.3) is 0 Å². The van der Waals surface area contributed by atoms with Crippen molar-refractivity contribution < 1.29 is 18.9 Å². The third-order valence-electron chi connectivity index (χ3n) is 2.86. The van der Waals surface area contributed by atoms with Gasteiger partial charge in [-0.1, -0.05) is 0 Å². The van der Waals surface area contributed by atoms with E-state index in [9.17, 15) is 0 Å². The predicted molar refractivity (Wildman–Crippen MR) is 45.7 cm³/mol. The van der Waals surface area contributed by atoms with Gasteiger partial charge in [-0.25, -0.2) is 0 Å². The molecule has 0 aromatic carbocycles. The number of ether oxygens (including phenoxy) is 4. The highest BCUT2D eigenvalue weighted by atomic mass is 16.7. The summed E-state index contributed by atoms with van der Waals surface area (Å²) < 4.78 is 21.9. The van der Waals surface area contributed by atoms with Crippen molar-refractivity contribution in [1.29, 1.82) is 0 Å². The molecule has 2 fully saturated rings. The van der Waals surface area contributed by atoms with E-state index in [0.717, 1.165) is 0 Å². The molecule has 4 heteroatoms. The molecule has 2 saturated heterocycles. The van der Waals surface area contributed by atoms with Crippen molar-refractivity contribution in [2.45, 2.75) is 30.8 Å². The van der Waals surface area contributed by atoms with Gasteiger partial charge in [-0.3, -0.25) is 0 Å². The van der Waals surface area contributed by atoms with E-state index in [-0.39, 0.29) is 23.9 Å². The molecular formula is C9H16O4. The van der Waals surface area contributed by atoms with Gasteiger partial charge in [-0.05, 0) is 6.92 Å². The zero-order chi connectivity index (χ0) is 9.47. The van der Waals surface area contributed by atoms with Crippen LogP contribution >= 0.6 is 0 Å². The van der Waals surface area contributed by atoms with Gasteiger partial charge in [0.1, 0.15) is 17.8 Å². The highest BCUT2D eigenvalue weighted by Crippen LogP contribution is 2.41. The Morgan fingerprint density at radius 2 is 2.23 bits per heavy atom. The Morgan fingerprint density at radius 1 is 1.46 bits per heavy atom. The SMILES string of the molecule is COC[C@@]12CO[C@H]([C@H](C)O1)[C@@H]2OC. The van der Waals surface area contributed by atoms with Crippen LogP contribution in [0.2, 0.25) is 0 Å². The number of rotatable bonds is 3. The standard InChI is InChI=1S/C9H16O4/c1-6-7-8(11-3)9(13-6,4-10-2)5-12-7/h6-8H,4-5H2,1-3H3/t6-,7+,8-,9-/m0/s1. The van der Waals surface area contributed by atoms with Gasteiger partial charge in [-0.15, -0.1) is 0 Å². The third kappa shape index (κ3) is 1.21. The summed E-state index contributed by atoms with van der Waals surface area (Å²) in [5, 5.41) is 0. The van der Waals surface area contributed by atoms with Gasteiger partial charge >= 0.3 is 0 Å². The Balaban J connectivity index is 2.17. The summed E-state index contributed by atoms with van der Waals surface area (Å²) in [5.74, 6) is 0. The molecule has 13 heavy (non-hydrogen) atoms. The molecule has 4 nitrogen and oxygen atoms in total. The van der Waals surface area contributed by atoms with Gasteiger partial charge in [-0.2, -0.15) is 0 Å². The maximum absolute atomic E-state index is 5.82. The molecule has 4 atom stereocenters. The summed E-state index contributed by atoms with van der Waals surface area (Å²) in [6, 6.07) is 0. The lowest BCUT2D eigenvalue weighted by atomic mass is 10.00. The second kappa shape index (κ2) is 3.20. The van der Waals surface area contributed by atoms with Crippen molar-refractivity contribution >= 4 is 0 Å². The van der Waals surface area contributed by atoms with Crippen LogP contribution in [0.15, 0.2) is 0 Å². The maximum atomic E-state index is 5.82. The number of hydrogen-bond acceptors (Lipinski definition) is 4. The fourth-order valence-corrected chi connectivity index (χ4v) is 2.38. The molecule has 0 radical (unpaired) electrons. The van der Waals surface area contributed by atoms with Crippen LogP contribution in [0.3, 0.4) is 0 Å². The van der Waals surface area contributed by atoms with Crippen molar-refractivity contribution in [3.8, 4) is 0 Å². The van der Waals surface area contributed by atoms with E-state index in [1.807, 2.05) is 6.92 Å². The van der Waals surface area contributed by atoms with E-state index in [4.69, 9.17) is 18.9 Å². The van der Waals surface area contributed by atoms with Crippen LogP contribution < -0.4 is 0 Å². The highest BCUT2D eigenvalue weighted by molar-refractivity contribution is 5.07. The second-order valence-corrected chi connectivity index (χ2v) is 3.75. The first-order valence-electron chi connectivity index (χ1n) is 4.54. The molecule has 0 aromatic rings. The summed E-state index contributed by atoms with van der Waals surface area (Å²) in [7, 11) is 3.36. The lowest BCUT2D eigenvalue weighted by Crippen LogP contribution is -2.45. The molecule has 0 saturated carbocycles. The lowest BCUT2D eigenvalue weighted by molar-refractivity contribution is -0.161. The molecule has 0 N–H and O–H groups in total. The Kier molecular flexibility index (Phi) is 2.32. The van der Waals surface area contributed by atoms with E-state index in [0.29, 0.717) is 13.2 Å².